The lowest BCUT2D eigenvalue weighted by Gasteiger charge is -2.10. The van der Waals surface area contributed by atoms with Gasteiger partial charge in [-0.15, -0.1) is 0 Å². The lowest BCUT2D eigenvalue weighted by atomic mass is 10.1. The van der Waals surface area contributed by atoms with Crippen molar-refractivity contribution >= 4 is 39.9 Å². The molecule has 1 aromatic heterocycles. The molecule has 1 N–H and O–H groups in total. The van der Waals surface area contributed by atoms with Crippen molar-refractivity contribution in [1.29, 1.82) is 5.26 Å². The molecule has 0 saturated heterocycles. The maximum absolute atomic E-state index is 12.5. The molecule has 0 unspecified atom stereocenters. The number of aromatic nitrogens is 2. The number of ether oxygens (including phenoxy) is 1. The number of nitriles is 1. The number of carbonyl (C=O) groups excluding carboxylic acids is 2. The highest BCUT2D eigenvalue weighted by atomic mass is 35.5. The van der Waals surface area contributed by atoms with Crippen LogP contribution < -0.4 is 10.9 Å². The second-order valence-electron chi connectivity index (χ2n) is 5.94. The molecule has 9 heteroatoms. The summed E-state index contributed by atoms with van der Waals surface area (Å²) in [6, 6.07) is 12.9. The van der Waals surface area contributed by atoms with Crippen molar-refractivity contribution in [3.8, 4) is 6.07 Å². The number of fused-ring (bicyclic) bond motifs is 1. The summed E-state index contributed by atoms with van der Waals surface area (Å²) in [5.74, 6) is -1.49. The van der Waals surface area contributed by atoms with Crippen LogP contribution in [0, 0.1) is 11.3 Å². The van der Waals surface area contributed by atoms with E-state index in [1.807, 2.05) is 6.07 Å². The number of halogens is 1. The van der Waals surface area contributed by atoms with Gasteiger partial charge >= 0.3 is 5.97 Å². The van der Waals surface area contributed by atoms with E-state index in [1.54, 1.807) is 31.2 Å². The molecule has 1 heterocycles. The van der Waals surface area contributed by atoms with Crippen LogP contribution in [0.1, 0.15) is 23.0 Å². The third-order valence-electron chi connectivity index (χ3n) is 4.07. The van der Waals surface area contributed by atoms with E-state index in [1.165, 1.54) is 18.2 Å². The number of benzene rings is 2. The number of anilines is 1. The largest absolute Gasteiger partial charge is 0.451 e. The second-order valence-corrected chi connectivity index (χ2v) is 6.38. The zero-order valence-electron chi connectivity index (χ0n) is 15.3. The Morgan fingerprint density at radius 2 is 1.97 bits per heavy atom. The Balaban J connectivity index is 1.79. The molecule has 1 amide bonds. The smallest absolute Gasteiger partial charge is 0.359 e. The van der Waals surface area contributed by atoms with Crippen LogP contribution in [0.2, 0.25) is 5.02 Å². The Labute approximate surface area is 170 Å². The molecule has 3 aromatic rings. The summed E-state index contributed by atoms with van der Waals surface area (Å²) >= 11 is 5.88. The van der Waals surface area contributed by atoms with Crippen LogP contribution in [0.4, 0.5) is 5.69 Å². The van der Waals surface area contributed by atoms with Crippen LogP contribution in [-0.4, -0.2) is 28.3 Å². The van der Waals surface area contributed by atoms with Crippen LogP contribution in [-0.2, 0) is 16.1 Å². The van der Waals surface area contributed by atoms with Crippen molar-refractivity contribution in [3.05, 3.63) is 69.1 Å². The molecule has 0 aliphatic rings. The molecule has 2 aromatic carbocycles. The van der Waals surface area contributed by atoms with E-state index in [2.05, 4.69) is 10.4 Å². The summed E-state index contributed by atoms with van der Waals surface area (Å²) in [5.41, 5.74) is 0.0543. The highest BCUT2D eigenvalue weighted by Crippen LogP contribution is 2.20. The molecule has 8 nitrogen and oxygen atoms in total. The van der Waals surface area contributed by atoms with E-state index in [9.17, 15) is 14.4 Å². The molecule has 0 radical (unpaired) electrons. The van der Waals surface area contributed by atoms with E-state index in [0.717, 1.165) is 4.68 Å². The van der Waals surface area contributed by atoms with Crippen molar-refractivity contribution in [2.75, 3.05) is 11.9 Å². The lowest BCUT2D eigenvalue weighted by molar-refractivity contribution is -0.119. The van der Waals surface area contributed by atoms with E-state index >= 15 is 0 Å². The Morgan fingerprint density at radius 1 is 1.24 bits per heavy atom. The molecule has 146 valence electrons. The Hall–Kier alpha value is -3.70. The number of nitrogens with zero attached hydrogens (tertiary/aromatic N) is 3. The number of amides is 1. The zero-order chi connectivity index (χ0) is 21.0. The van der Waals surface area contributed by atoms with Gasteiger partial charge in [0.05, 0.1) is 16.6 Å². The molecule has 0 spiro atoms. The predicted molar refractivity (Wildman–Crippen MR) is 107 cm³/mol. The van der Waals surface area contributed by atoms with Crippen molar-refractivity contribution in [1.82, 2.24) is 9.78 Å². The average molecular weight is 411 g/mol. The fourth-order valence-electron chi connectivity index (χ4n) is 2.70. The molecular weight excluding hydrogens is 396 g/mol. The first-order valence-corrected chi connectivity index (χ1v) is 8.99. The SMILES string of the molecule is CCn1nc(C(=O)OCC(=O)Nc2cc(Cl)ccc2C#N)c2ccccc2c1=O. The first-order valence-electron chi connectivity index (χ1n) is 8.61. The predicted octanol–water partition coefficient (Wildman–Crippen LogP) is 2.74. The molecule has 0 atom stereocenters. The van der Waals surface area contributed by atoms with Crippen molar-refractivity contribution in [3.63, 3.8) is 0 Å². The summed E-state index contributed by atoms with van der Waals surface area (Å²) in [4.78, 5) is 37.0. The summed E-state index contributed by atoms with van der Waals surface area (Å²) in [7, 11) is 0. The van der Waals surface area contributed by atoms with Gasteiger partial charge in [0.15, 0.2) is 12.3 Å². The topological polar surface area (TPSA) is 114 Å². The van der Waals surface area contributed by atoms with Crippen LogP contribution in [0.5, 0.6) is 0 Å². The third kappa shape index (κ3) is 4.25. The van der Waals surface area contributed by atoms with E-state index < -0.39 is 18.5 Å². The minimum atomic E-state index is -0.842. The average Bonchev–Trinajstić information content (AvgIpc) is 2.72. The molecule has 3 rings (SSSR count). The van der Waals surface area contributed by atoms with Gasteiger partial charge in [-0.1, -0.05) is 29.8 Å². The first-order chi connectivity index (χ1) is 13.9. The lowest BCUT2D eigenvalue weighted by Crippen LogP contribution is -2.27. The summed E-state index contributed by atoms with van der Waals surface area (Å²) in [5, 5.41) is 16.6. The maximum Gasteiger partial charge on any atom is 0.359 e. The molecular formula is C20H15ClN4O4. The number of esters is 1. The highest BCUT2D eigenvalue weighted by Gasteiger charge is 2.19. The van der Waals surface area contributed by atoms with Gasteiger partial charge in [0, 0.05) is 17.0 Å². The fraction of sp³-hybridized carbons (Fsp3) is 0.150. The molecule has 0 bridgehead atoms. The number of hydrogen-bond donors (Lipinski definition) is 1. The van der Waals surface area contributed by atoms with Crippen molar-refractivity contribution in [2.45, 2.75) is 13.5 Å². The van der Waals surface area contributed by atoms with Crippen molar-refractivity contribution in [2.24, 2.45) is 0 Å². The summed E-state index contributed by atoms with van der Waals surface area (Å²) in [6.07, 6.45) is 0. The number of carbonyl (C=O) groups is 2. The van der Waals surface area contributed by atoms with Crippen LogP contribution >= 0.6 is 11.6 Å². The second kappa shape index (κ2) is 8.54. The van der Waals surface area contributed by atoms with Crippen LogP contribution in [0.25, 0.3) is 10.8 Å². The molecule has 0 saturated carbocycles. The third-order valence-corrected chi connectivity index (χ3v) is 4.31. The normalized spacial score (nSPS) is 10.4. The van der Waals surface area contributed by atoms with Crippen LogP contribution in [0.3, 0.4) is 0 Å². The van der Waals surface area contributed by atoms with Gasteiger partial charge in [-0.05, 0) is 31.2 Å². The molecule has 0 fully saturated rings. The highest BCUT2D eigenvalue weighted by molar-refractivity contribution is 6.31. The zero-order valence-corrected chi connectivity index (χ0v) is 16.1. The van der Waals surface area contributed by atoms with Gasteiger partial charge in [-0.25, -0.2) is 9.48 Å². The standard InChI is InChI=1S/C20H15ClN4O4/c1-2-25-19(27)15-6-4-3-5-14(15)18(24-25)20(28)29-11-17(26)23-16-9-13(21)8-7-12(16)10-22/h3-9H,2,11H2,1H3,(H,23,26). The van der Waals surface area contributed by atoms with Crippen molar-refractivity contribution < 1.29 is 14.3 Å². The minimum Gasteiger partial charge on any atom is -0.451 e. The summed E-state index contributed by atoms with van der Waals surface area (Å²) < 4.78 is 6.23. The monoisotopic (exact) mass is 410 g/mol. The maximum atomic E-state index is 12.5. The Bertz CT molecular complexity index is 1210. The molecule has 0 aliphatic carbocycles. The van der Waals surface area contributed by atoms with E-state index in [4.69, 9.17) is 21.6 Å². The number of hydrogen-bond acceptors (Lipinski definition) is 6. The quantitative estimate of drug-likeness (QED) is 0.647. The van der Waals surface area contributed by atoms with Gasteiger partial charge in [0.1, 0.15) is 6.07 Å². The van der Waals surface area contributed by atoms with Gasteiger partial charge in [0.2, 0.25) is 0 Å². The fourth-order valence-corrected chi connectivity index (χ4v) is 2.88. The Kier molecular flexibility index (Phi) is 5.90. The van der Waals surface area contributed by atoms with Crippen LogP contribution in [0.15, 0.2) is 47.3 Å². The summed E-state index contributed by atoms with van der Waals surface area (Å²) in [6.45, 7) is 1.40. The van der Waals surface area contributed by atoms with Gasteiger partial charge < -0.3 is 10.1 Å². The number of nitrogens with one attached hydrogen (secondary N) is 1. The first kappa shape index (κ1) is 20.0. The van der Waals surface area contributed by atoms with Gasteiger partial charge in [-0.2, -0.15) is 10.4 Å². The van der Waals surface area contributed by atoms with Gasteiger partial charge in [-0.3, -0.25) is 9.59 Å². The van der Waals surface area contributed by atoms with E-state index in [0.29, 0.717) is 15.8 Å². The molecule has 29 heavy (non-hydrogen) atoms. The molecule has 0 aliphatic heterocycles. The number of rotatable bonds is 5. The van der Waals surface area contributed by atoms with Gasteiger partial charge in [0.25, 0.3) is 11.5 Å². The minimum absolute atomic E-state index is 0.0599. The Morgan fingerprint density at radius 3 is 2.66 bits per heavy atom. The van der Waals surface area contributed by atoms with E-state index in [-0.39, 0.29) is 29.0 Å². The number of aryl methyl sites for hydroxylation is 1.